The van der Waals surface area contributed by atoms with E-state index in [1.165, 1.54) is 57.7 Å². The van der Waals surface area contributed by atoms with Crippen LogP contribution in [-0.4, -0.2) is 144 Å². The standard InChI is InChI=1S/C35H46N12O17P2S2/c1-35(2,3)68-67-14-19(45(4)34(52)58-11-17-5-7-18(8-6-17)43-44-38)32(50)63-26-20(61-31(24(26)48)47-16-41-23-28(37)39-15-40-29(23)47)13-60-66(56,57)64-27-21(12-59-65(53,54)55)62-30(25(27)49)46-10-9-22(36)42-33(46)51/h5-10,15-16,19-21,24-27,30-31,48-49H,11-14H2,1-4H3,(H,56,57)(H2,36,42,51)(H2,37,39,40)(H2,53,54,55)/t19-,20-,21+,24+,25+,26+,27+,30+,31+/m0/s1. The van der Waals surface area contributed by atoms with Crippen molar-refractivity contribution in [3.8, 4) is 0 Å². The van der Waals surface area contributed by atoms with Crippen molar-refractivity contribution in [2.24, 2.45) is 5.11 Å². The summed E-state index contributed by atoms with van der Waals surface area (Å²) < 4.78 is 65.1. The van der Waals surface area contributed by atoms with Gasteiger partial charge in [-0.15, -0.1) is 0 Å². The first kappa shape index (κ1) is 52.4. The molecular formula is C35H46N12O17P2S2. The predicted octanol–water partition coefficient (Wildman–Crippen LogP) is 2.05. The smallest absolute Gasteiger partial charge is 0.455 e. The van der Waals surface area contributed by atoms with Gasteiger partial charge >= 0.3 is 33.4 Å². The second-order valence-corrected chi connectivity index (χ2v) is 21.6. The molecule has 2 aliphatic heterocycles. The minimum Gasteiger partial charge on any atom is -0.455 e. The molecule has 9 N–H and O–H groups in total. The number of rotatable bonds is 19. The van der Waals surface area contributed by atoms with Crippen LogP contribution >= 0.6 is 37.2 Å². The molecule has 0 saturated carbocycles. The third-order valence-corrected chi connectivity index (χ3v) is 14.5. The van der Waals surface area contributed by atoms with Crippen molar-refractivity contribution in [2.45, 2.75) is 87.2 Å². The number of phosphoric ester groups is 2. The number of hydrogen-bond acceptors (Lipinski definition) is 23. The van der Waals surface area contributed by atoms with E-state index in [-0.39, 0.29) is 39.9 Å². The van der Waals surface area contributed by atoms with Crippen LogP contribution in [0.2, 0.25) is 0 Å². The molecular weight excluding hydrogens is 987 g/mol. The van der Waals surface area contributed by atoms with Gasteiger partial charge < -0.3 is 55.3 Å². The van der Waals surface area contributed by atoms with Gasteiger partial charge in [0.05, 0.1) is 19.5 Å². The molecule has 33 heteroatoms. The lowest BCUT2D eigenvalue weighted by atomic mass is 10.1. The fourth-order valence-corrected chi connectivity index (χ4v) is 10.4. The van der Waals surface area contributed by atoms with Gasteiger partial charge in [0.2, 0.25) is 0 Å². The minimum absolute atomic E-state index is 0.0293. The topological polar surface area (TPSA) is 417 Å². The number of nitrogen functional groups attached to an aromatic ring is 2. The number of anilines is 2. The van der Waals surface area contributed by atoms with Crippen LogP contribution in [0.3, 0.4) is 0 Å². The van der Waals surface area contributed by atoms with E-state index in [1.54, 1.807) is 12.1 Å². The lowest BCUT2D eigenvalue weighted by molar-refractivity contribution is -0.161. The highest BCUT2D eigenvalue weighted by Crippen LogP contribution is 2.50. The van der Waals surface area contributed by atoms with E-state index in [1.807, 2.05) is 20.8 Å². The zero-order valence-corrected chi connectivity index (χ0v) is 39.5. The number of hydrogen-bond donors (Lipinski definition) is 7. The fourth-order valence-electron chi connectivity index (χ4n) is 6.55. The number of amides is 1. The molecule has 0 aliphatic carbocycles. The number of carbonyl (C=O) groups is 2. The summed E-state index contributed by atoms with van der Waals surface area (Å²) in [6.07, 6.45) is -11.7. The number of nitrogens with two attached hydrogens (primary N) is 2. The Morgan fingerprint density at radius 1 is 0.985 bits per heavy atom. The maximum atomic E-state index is 14.3. The van der Waals surface area contributed by atoms with Crippen LogP contribution < -0.4 is 17.2 Å². The Kier molecular flexibility index (Phi) is 16.8. The van der Waals surface area contributed by atoms with Crippen molar-refractivity contribution in [3.05, 3.63) is 75.7 Å². The Balaban J connectivity index is 1.24. The van der Waals surface area contributed by atoms with Crippen LogP contribution in [0.15, 0.2) is 59.1 Å². The zero-order valence-electron chi connectivity index (χ0n) is 36.1. The molecule has 6 rings (SSSR count). The Bertz CT molecular complexity index is 2650. The molecule has 2 fully saturated rings. The Hall–Kier alpha value is -4.94. The van der Waals surface area contributed by atoms with Crippen LogP contribution in [0.4, 0.5) is 22.1 Å². The zero-order chi connectivity index (χ0) is 49.7. The molecule has 3 aromatic heterocycles. The number of aromatic nitrogens is 6. The first-order valence-electron chi connectivity index (χ1n) is 19.8. The number of nitrogens with zero attached hydrogens (tertiary/aromatic N) is 10. The first-order chi connectivity index (χ1) is 31.9. The van der Waals surface area contributed by atoms with Crippen molar-refractivity contribution in [3.63, 3.8) is 0 Å². The number of esters is 1. The van der Waals surface area contributed by atoms with Crippen LogP contribution in [0.1, 0.15) is 38.8 Å². The molecule has 1 unspecified atom stereocenters. The highest BCUT2D eigenvalue weighted by Gasteiger charge is 2.52. The molecule has 0 spiro atoms. The fraction of sp³-hybridized carbons (Fsp3) is 0.514. The normalized spacial score (nSPS) is 24.2. The average molecular weight is 1030 g/mol. The summed E-state index contributed by atoms with van der Waals surface area (Å²) >= 11 is 0. The summed E-state index contributed by atoms with van der Waals surface area (Å²) in [5, 5.41) is 26.5. The number of aliphatic hydroxyl groups is 2. The average Bonchev–Trinajstić information content (AvgIpc) is 3.92. The molecule has 2 aliphatic rings. The van der Waals surface area contributed by atoms with E-state index in [2.05, 4.69) is 34.5 Å². The van der Waals surface area contributed by atoms with Gasteiger partial charge in [0.1, 0.15) is 60.8 Å². The summed E-state index contributed by atoms with van der Waals surface area (Å²) in [6.45, 7) is 3.50. The lowest BCUT2D eigenvalue weighted by Gasteiger charge is -2.29. The van der Waals surface area contributed by atoms with Crippen LogP contribution in [0.5, 0.6) is 0 Å². The SMILES string of the molecule is CN(C(=O)OCc1ccc(N=[N+]=[N-])cc1)[C@@H](CSSC(C)(C)C)C(=O)O[C@H]1[C@@H](O)[C@H](n2cnc3c(N)ncnc32)O[C@H]1COP(=O)(O)O[C@H]1[C@@H](O)[C@H](n2ccc(N)nc2=O)O[C@@H]1COP(=O)(O)O. The van der Waals surface area contributed by atoms with E-state index in [0.717, 1.165) is 22.0 Å². The molecule has 1 aromatic carbocycles. The third kappa shape index (κ3) is 13.2. The number of likely N-dealkylation sites (N-methyl/N-ethyl adjacent to an activating group) is 1. The summed E-state index contributed by atoms with van der Waals surface area (Å²) in [7, 11) is -6.75. The Morgan fingerprint density at radius 2 is 1.63 bits per heavy atom. The Labute approximate surface area is 392 Å². The number of azide groups is 1. The molecule has 5 heterocycles. The highest BCUT2D eigenvalue weighted by molar-refractivity contribution is 8.77. The molecule has 0 radical (unpaired) electrons. The minimum atomic E-state index is -5.46. The van der Waals surface area contributed by atoms with E-state index in [0.29, 0.717) is 11.3 Å². The summed E-state index contributed by atoms with van der Waals surface area (Å²) in [5.41, 5.74) is 20.2. The molecule has 4 aromatic rings. The van der Waals surface area contributed by atoms with Gasteiger partial charge in [-0.05, 0) is 17.2 Å². The second-order valence-electron chi connectivity index (χ2n) is 15.8. The number of carbonyl (C=O) groups excluding carboxylic acids is 2. The van der Waals surface area contributed by atoms with Crippen molar-refractivity contribution in [1.82, 2.24) is 34.0 Å². The van der Waals surface area contributed by atoms with Crippen molar-refractivity contribution in [2.75, 3.05) is 37.5 Å². The van der Waals surface area contributed by atoms with Crippen LogP contribution in [0.25, 0.3) is 21.6 Å². The summed E-state index contributed by atoms with van der Waals surface area (Å²) in [5.74, 6) is -1.37. The Morgan fingerprint density at radius 3 is 2.28 bits per heavy atom. The second kappa shape index (κ2) is 21.8. The maximum absolute atomic E-state index is 14.3. The van der Waals surface area contributed by atoms with Crippen molar-refractivity contribution < 1.29 is 76.1 Å². The number of benzene rings is 1. The summed E-state index contributed by atoms with van der Waals surface area (Å²) in [6, 6.07) is 5.95. The van der Waals surface area contributed by atoms with Crippen LogP contribution in [-0.2, 0) is 53.1 Å². The van der Waals surface area contributed by atoms with E-state index in [9.17, 15) is 48.4 Å². The number of phosphoric acid groups is 2. The number of imidazole rings is 1. The van der Waals surface area contributed by atoms with Gasteiger partial charge in [-0.1, -0.05) is 71.7 Å². The number of ether oxygens (including phenoxy) is 4. The molecule has 2 saturated heterocycles. The molecule has 68 heavy (non-hydrogen) atoms. The maximum Gasteiger partial charge on any atom is 0.472 e. The van der Waals surface area contributed by atoms with Gasteiger partial charge in [0.15, 0.2) is 30.0 Å². The largest absolute Gasteiger partial charge is 0.472 e. The van der Waals surface area contributed by atoms with Crippen molar-refractivity contribution >= 4 is 77.8 Å². The third-order valence-electron chi connectivity index (χ3n) is 9.74. The van der Waals surface area contributed by atoms with E-state index >= 15 is 0 Å². The van der Waals surface area contributed by atoms with Gasteiger partial charge in [-0.25, -0.2) is 38.5 Å². The molecule has 10 atom stereocenters. The molecule has 370 valence electrons. The van der Waals surface area contributed by atoms with Gasteiger partial charge in [0.25, 0.3) is 0 Å². The quantitative estimate of drug-likeness (QED) is 0.0176. The van der Waals surface area contributed by atoms with Crippen LogP contribution in [0, 0.1) is 0 Å². The lowest BCUT2D eigenvalue weighted by Crippen LogP contribution is -2.48. The van der Waals surface area contributed by atoms with Gasteiger partial charge in [-0.2, -0.15) is 4.98 Å². The predicted molar refractivity (Wildman–Crippen MR) is 238 cm³/mol. The molecule has 29 nitrogen and oxygen atoms in total. The summed E-state index contributed by atoms with van der Waals surface area (Å²) in [4.78, 5) is 89.6. The van der Waals surface area contributed by atoms with Crippen molar-refractivity contribution in [1.29, 1.82) is 0 Å². The van der Waals surface area contributed by atoms with Gasteiger partial charge in [-0.3, -0.25) is 27.6 Å². The monoisotopic (exact) mass is 1030 g/mol. The number of aliphatic hydroxyl groups excluding tert-OH is 2. The first-order valence-corrected chi connectivity index (χ1v) is 25.1. The van der Waals surface area contributed by atoms with E-state index in [4.69, 9.17) is 45.0 Å². The molecule has 1 amide bonds. The molecule has 0 bridgehead atoms. The van der Waals surface area contributed by atoms with E-state index < -0.39 is 102 Å². The number of fused-ring (bicyclic) bond motifs is 1. The van der Waals surface area contributed by atoms with Gasteiger partial charge in [0, 0.05) is 34.3 Å². The highest BCUT2D eigenvalue weighted by atomic mass is 33.1.